The molecule has 1 fully saturated rings. The first-order valence-electron chi connectivity index (χ1n) is 7.53. The molecule has 0 saturated carbocycles. The van der Waals surface area contributed by atoms with Gasteiger partial charge in [-0.25, -0.2) is 0 Å². The van der Waals surface area contributed by atoms with Crippen LogP contribution in [0.5, 0.6) is 5.75 Å². The van der Waals surface area contributed by atoms with E-state index in [1.165, 1.54) is 31.5 Å². The fraction of sp³-hybridized carbons (Fsp3) is 0.529. The fourth-order valence-electron chi connectivity index (χ4n) is 2.79. The van der Waals surface area contributed by atoms with E-state index in [2.05, 4.69) is 24.0 Å². The first kappa shape index (κ1) is 15.1. The van der Waals surface area contributed by atoms with Crippen LogP contribution < -0.4 is 10.5 Å². The maximum atomic E-state index is 5.85. The molecule has 2 unspecified atom stereocenters. The summed E-state index contributed by atoms with van der Waals surface area (Å²) in [5.41, 5.74) is 7.14. The summed E-state index contributed by atoms with van der Waals surface area (Å²) in [5.74, 6) is 1.66. The predicted octanol–water partition coefficient (Wildman–Crippen LogP) is 3.16. The molecular weight excluding hydrogens is 248 g/mol. The summed E-state index contributed by atoms with van der Waals surface area (Å²) in [6.45, 7) is 7.68. The molecule has 2 N–H and O–H groups in total. The van der Waals surface area contributed by atoms with Crippen molar-refractivity contribution in [3.63, 3.8) is 0 Å². The number of nitrogens with zero attached hydrogens (tertiary/aromatic N) is 1. The van der Waals surface area contributed by atoms with Crippen LogP contribution in [0.2, 0.25) is 0 Å². The number of rotatable bonds is 5. The van der Waals surface area contributed by atoms with Crippen molar-refractivity contribution in [1.82, 2.24) is 4.90 Å². The average Bonchev–Trinajstić information content (AvgIpc) is 2.39. The smallest absolute Gasteiger partial charge is 0.167 e. The van der Waals surface area contributed by atoms with Crippen molar-refractivity contribution in [2.45, 2.75) is 39.5 Å². The van der Waals surface area contributed by atoms with Gasteiger partial charge in [-0.1, -0.05) is 25.1 Å². The Hall–Kier alpha value is -1.32. The number of benzene rings is 1. The number of hydrogen-bond donors (Lipinski definition) is 1. The molecule has 1 heterocycles. The van der Waals surface area contributed by atoms with E-state index in [1.54, 1.807) is 0 Å². The van der Waals surface area contributed by atoms with E-state index in [-0.39, 0.29) is 6.23 Å². The Bertz CT molecular complexity index is 444. The van der Waals surface area contributed by atoms with Gasteiger partial charge in [0.15, 0.2) is 6.23 Å². The number of hydrogen-bond acceptors (Lipinski definition) is 3. The van der Waals surface area contributed by atoms with Gasteiger partial charge >= 0.3 is 0 Å². The molecular formula is C17H26N2O. The van der Waals surface area contributed by atoms with Gasteiger partial charge in [-0.15, -0.1) is 0 Å². The number of piperidine rings is 1. The average molecular weight is 274 g/mol. The number of ether oxygens (including phenoxy) is 1. The molecule has 2 atom stereocenters. The molecule has 20 heavy (non-hydrogen) atoms. The lowest BCUT2D eigenvalue weighted by Gasteiger charge is -2.30. The molecule has 0 spiro atoms. The Balaban J connectivity index is 1.95. The van der Waals surface area contributed by atoms with Gasteiger partial charge in [0.2, 0.25) is 0 Å². The highest BCUT2D eigenvalue weighted by molar-refractivity contribution is 5.29. The lowest BCUT2D eigenvalue weighted by Crippen LogP contribution is -2.33. The Kier molecular flexibility index (Phi) is 5.62. The van der Waals surface area contributed by atoms with E-state index < -0.39 is 0 Å². The Morgan fingerprint density at radius 1 is 1.50 bits per heavy atom. The van der Waals surface area contributed by atoms with Crippen molar-refractivity contribution in [3.05, 3.63) is 42.0 Å². The summed E-state index contributed by atoms with van der Waals surface area (Å²) in [7, 11) is 0. The van der Waals surface area contributed by atoms with Crippen LogP contribution in [0, 0.1) is 5.92 Å². The SMILES string of the molecule is C/C=C\C(N)Oc1cccc(CN2CCCC(C)C2)c1. The van der Waals surface area contributed by atoms with E-state index >= 15 is 0 Å². The zero-order valence-corrected chi connectivity index (χ0v) is 12.6. The highest BCUT2D eigenvalue weighted by atomic mass is 16.5. The van der Waals surface area contributed by atoms with Crippen molar-refractivity contribution in [1.29, 1.82) is 0 Å². The summed E-state index contributed by atoms with van der Waals surface area (Å²) < 4.78 is 5.68. The zero-order chi connectivity index (χ0) is 14.4. The van der Waals surface area contributed by atoms with Crippen LogP contribution in [0.4, 0.5) is 0 Å². The molecule has 1 aromatic rings. The van der Waals surface area contributed by atoms with Gasteiger partial charge in [0.1, 0.15) is 5.75 Å². The quantitative estimate of drug-likeness (QED) is 0.662. The van der Waals surface area contributed by atoms with Crippen molar-refractivity contribution < 1.29 is 4.74 Å². The van der Waals surface area contributed by atoms with Crippen molar-refractivity contribution >= 4 is 0 Å². The minimum Gasteiger partial charge on any atom is -0.472 e. The van der Waals surface area contributed by atoms with Gasteiger partial charge in [-0.2, -0.15) is 0 Å². The number of allylic oxidation sites excluding steroid dienone is 1. The molecule has 0 aromatic heterocycles. The molecule has 0 bridgehead atoms. The molecule has 3 heteroatoms. The van der Waals surface area contributed by atoms with Crippen LogP contribution in [0.25, 0.3) is 0 Å². The highest BCUT2D eigenvalue weighted by Crippen LogP contribution is 2.20. The maximum absolute atomic E-state index is 5.85. The minimum absolute atomic E-state index is 0.370. The Morgan fingerprint density at radius 2 is 2.35 bits per heavy atom. The van der Waals surface area contributed by atoms with Gasteiger partial charge in [-0.05, 0) is 56.0 Å². The van der Waals surface area contributed by atoms with E-state index in [9.17, 15) is 0 Å². The number of likely N-dealkylation sites (tertiary alicyclic amines) is 1. The van der Waals surface area contributed by atoms with Crippen LogP contribution in [0.3, 0.4) is 0 Å². The van der Waals surface area contributed by atoms with Gasteiger partial charge in [0.05, 0.1) is 0 Å². The molecule has 2 rings (SSSR count). The molecule has 1 aromatic carbocycles. The standard InChI is InChI=1S/C17H26N2O/c1-3-6-17(18)20-16-9-4-8-15(11-16)13-19-10-5-7-14(2)12-19/h3-4,6,8-9,11,14,17H,5,7,10,12-13,18H2,1-2H3/b6-3-. The predicted molar refractivity (Wildman–Crippen MR) is 83.5 cm³/mol. The van der Waals surface area contributed by atoms with Crippen LogP contribution in [0.15, 0.2) is 36.4 Å². The maximum Gasteiger partial charge on any atom is 0.167 e. The first-order chi connectivity index (χ1) is 9.67. The van der Waals surface area contributed by atoms with Crippen molar-refractivity contribution in [2.24, 2.45) is 11.7 Å². The summed E-state index contributed by atoms with van der Waals surface area (Å²) in [6.07, 6.45) is 6.05. The monoisotopic (exact) mass is 274 g/mol. The second-order valence-corrected chi connectivity index (χ2v) is 5.74. The second kappa shape index (κ2) is 7.46. The molecule has 0 aliphatic carbocycles. The summed E-state index contributed by atoms with van der Waals surface area (Å²) in [4.78, 5) is 2.53. The van der Waals surface area contributed by atoms with E-state index in [4.69, 9.17) is 10.5 Å². The van der Waals surface area contributed by atoms with Crippen LogP contribution in [0.1, 0.15) is 32.3 Å². The molecule has 0 radical (unpaired) electrons. The Labute approximate surface area is 122 Å². The second-order valence-electron chi connectivity index (χ2n) is 5.74. The molecule has 0 amide bonds. The zero-order valence-electron chi connectivity index (χ0n) is 12.6. The van der Waals surface area contributed by atoms with E-state index in [0.29, 0.717) is 0 Å². The lowest BCUT2D eigenvalue weighted by atomic mass is 10.00. The highest BCUT2D eigenvalue weighted by Gasteiger charge is 2.16. The first-order valence-corrected chi connectivity index (χ1v) is 7.53. The van der Waals surface area contributed by atoms with Gasteiger partial charge in [0, 0.05) is 13.1 Å². The van der Waals surface area contributed by atoms with Gasteiger partial charge < -0.3 is 4.74 Å². The summed E-state index contributed by atoms with van der Waals surface area (Å²) in [6, 6.07) is 8.27. The third kappa shape index (κ3) is 4.66. The third-order valence-electron chi connectivity index (χ3n) is 3.70. The van der Waals surface area contributed by atoms with Gasteiger partial charge in [0.25, 0.3) is 0 Å². The van der Waals surface area contributed by atoms with Gasteiger partial charge in [-0.3, -0.25) is 10.6 Å². The molecule has 110 valence electrons. The van der Waals surface area contributed by atoms with Crippen molar-refractivity contribution in [2.75, 3.05) is 13.1 Å². The largest absolute Gasteiger partial charge is 0.472 e. The normalized spacial score (nSPS) is 22.1. The van der Waals surface area contributed by atoms with E-state index in [1.807, 2.05) is 31.2 Å². The lowest BCUT2D eigenvalue weighted by molar-refractivity contribution is 0.176. The molecule has 1 saturated heterocycles. The van der Waals surface area contributed by atoms with Crippen molar-refractivity contribution in [3.8, 4) is 5.75 Å². The summed E-state index contributed by atoms with van der Waals surface area (Å²) >= 11 is 0. The molecule has 1 aliphatic heterocycles. The third-order valence-corrected chi connectivity index (χ3v) is 3.70. The summed E-state index contributed by atoms with van der Waals surface area (Å²) in [5, 5.41) is 0. The molecule has 3 nitrogen and oxygen atoms in total. The van der Waals surface area contributed by atoms with Crippen LogP contribution in [-0.4, -0.2) is 24.2 Å². The fourth-order valence-corrected chi connectivity index (χ4v) is 2.79. The molecule has 1 aliphatic rings. The topological polar surface area (TPSA) is 38.5 Å². The Morgan fingerprint density at radius 3 is 3.10 bits per heavy atom. The van der Waals surface area contributed by atoms with Crippen LogP contribution in [-0.2, 0) is 6.54 Å². The number of nitrogens with two attached hydrogens (primary N) is 1. The van der Waals surface area contributed by atoms with Crippen LogP contribution >= 0.6 is 0 Å². The van der Waals surface area contributed by atoms with E-state index in [0.717, 1.165) is 18.2 Å². The minimum atomic E-state index is -0.370.